The number of nitrogens with zero attached hydrogens (tertiary/aromatic N) is 2. The van der Waals surface area contributed by atoms with Crippen LogP contribution in [0.2, 0.25) is 0 Å². The van der Waals surface area contributed by atoms with Crippen molar-refractivity contribution in [2.45, 2.75) is 32.7 Å². The van der Waals surface area contributed by atoms with Crippen molar-refractivity contribution in [2.24, 2.45) is 4.99 Å². The minimum Gasteiger partial charge on any atom is -0.496 e. The maximum atomic E-state index is 14.3. The van der Waals surface area contributed by atoms with Crippen LogP contribution in [0, 0.1) is 0 Å². The normalized spacial score (nSPS) is 14.9. The number of hydrogen-bond donors (Lipinski definition) is 0. The fourth-order valence-electron chi connectivity index (χ4n) is 5.52. The molecular weight excluding hydrogens is 708 g/mol. The molecule has 3 aromatic carbocycles. The fraction of sp³-hybridized carbons (Fsp3) is 0.206. The number of hydrogen-bond acceptors (Lipinski definition) is 7. The standard InChI is InChI=1S/C34H28Br2N2O5S/c1-4-8-25-30(33(40)42-5-2)31(29-22-10-7-6-9-19(22)11-15-27(29)41-3)38-32(39)28(44-34(38)37-25)18-21-13-16-26(43-21)23-17-20(35)12-14-24(23)36/h6-7,9-18,31H,4-5,8H2,1-3H3/b28-18+/t31-/m1/s1. The van der Waals surface area contributed by atoms with E-state index in [1.165, 1.54) is 11.3 Å². The van der Waals surface area contributed by atoms with Crippen molar-refractivity contribution in [1.82, 2.24) is 4.57 Å². The number of halogens is 2. The van der Waals surface area contributed by atoms with Crippen LogP contribution in [0.3, 0.4) is 0 Å². The summed E-state index contributed by atoms with van der Waals surface area (Å²) in [6.45, 7) is 4.00. The summed E-state index contributed by atoms with van der Waals surface area (Å²) in [5.41, 5.74) is 2.27. The molecule has 1 atom stereocenters. The Bertz CT molecular complexity index is 2130. The zero-order chi connectivity index (χ0) is 31.0. The Morgan fingerprint density at radius 3 is 2.68 bits per heavy atom. The summed E-state index contributed by atoms with van der Waals surface area (Å²) >= 11 is 8.37. The highest BCUT2D eigenvalue weighted by atomic mass is 79.9. The van der Waals surface area contributed by atoms with Crippen LogP contribution in [0.5, 0.6) is 5.75 Å². The first-order valence-electron chi connectivity index (χ1n) is 14.2. The first-order valence-corrected chi connectivity index (χ1v) is 16.6. The molecule has 0 saturated carbocycles. The number of thiazole rings is 1. The van der Waals surface area contributed by atoms with E-state index in [4.69, 9.17) is 18.9 Å². The van der Waals surface area contributed by atoms with E-state index >= 15 is 0 Å². The Hall–Kier alpha value is -3.73. The zero-order valence-electron chi connectivity index (χ0n) is 24.2. The number of furan rings is 1. The number of ether oxygens (including phenoxy) is 2. The minimum atomic E-state index is -0.806. The molecule has 3 heterocycles. The molecule has 44 heavy (non-hydrogen) atoms. The number of allylic oxidation sites excluding steroid dienone is 1. The molecule has 0 amide bonds. The highest BCUT2D eigenvalue weighted by molar-refractivity contribution is 9.11. The van der Waals surface area contributed by atoms with E-state index in [0.29, 0.717) is 49.9 Å². The first kappa shape index (κ1) is 30.3. The first-order chi connectivity index (χ1) is 21.3. The Morgan fingerprint density at radius 1 is 1.09 bits per heavy atom. The van der Waals surface area contributed by atoms with E-state index in [9.17, 15) is 9.59 Å². The molecule has 0 fully saturated rings. The summed E-state index contributed by atoms with van der Waals surface area (Å²) < 4.78 is 21.5. The average Bonchev–Trinajstić information content (AvgIpc) is 3.61. The third-order valence-electron chi connectivity index (χ3n) is 7.41. The summed E-state index contributed by atoms with van der Waals surface area (Å²) in [7, 11) is 1.59. The minimum absolute atomic E-state index is 0.195. The molecule has 0 bridgehead atoms. The monoisotopic (exact) mass is 734 g/mol. The number of aromatic nitrogens is 1. The summed E-state index contributed by atoms with van der Waals surface area (Å²) in [6, 6.07) is 20.5. The largest absolute Gasteiger partial charge is 0.496 e. The maximum absolute atomic E-state index is 14.3. The predicted molar refractivity (Wildman–Crippen MR) is 180 cm³/mol. The molecule has 1 aliphatic rings. The van der Waals surface area contributed by atoms with Gasteiger partial charge in [-0.05, 0) is 60.5 Å². The lowest BCUT2D eigenvalue weighted by Crippen LogP contribution is -2.40. The van der Waals surface area contributed by atoms with Crippen molar-refractivity contribution < 1.29 is 18.7 Å². The molecule has 1 aliphatic heterocycles. The van der Waals surface area contributed by atoms with E-state index in [2.05, 4.69) is 31.9 Å². The van der Waals surface area contributed by atoms with E-state index in [-0.39, 0.29) is 12.2 Å². The second-order valence-corrected chi connectivity index (χ2v) is 12.9. The topological polar surface area (TPSA) is 83.0 Å². The quantitative estimate of drug-likeness (QED) is 0.154. The van der Waals surface area contributed by atoms with Crippen LogP contribution in [-0.4, -0.2) is 24.3 Å². The van der Waals surface area contributed by atoms with E-state index < -0.39 is 12.0 Å². The molecule has 0 radical (unpaired) electrons. The number of carbonyl (C=O) groups excluding carboxylic acids is 1. The van der Waals surface area contributed by atoms with Crippen LogP contribution in [-0.2, 0) is 9.53 Å². The van der Waals surface area contributed by atoms with Gasteiger partial charge in [-0.2, -0.15) is 0 Å². The Labute approximate surface area is 274 Å². The van der Waals surface area contributed by atoms with Gasteiger partial charge in [-0.25, -0.2) is 9.79 Å². The maximum Gasteiger partial charge on any atom is 0.338 e. The van der Waals surface area contributed by atoms with Crippen LogP contribution < -0.4 is 19.6 Å². The van der Waals surface area contributed by atoms with Crippen LogP contribution in [0.1, 0.15) is 44.1 Å². The smallest absolute Gasteiger partial charge is 0.338 e. The Kier molecular flexibility index (Phi) is 8.75. The lowest BCUT2D eigenvalue weighted by atomic mass is 9.90. The molecule has 224 valence electrons. The van der Waals surface area contributed by atoms with Crippen LogP contribution >= 0.6 is 43.2 Å². The van der Waals surface area contributed by atoms with Gasteiger partial charge in [-0.15, -0.1) is 0 Å². The number of rotatable bonds is 8. The summed E-state index contributed by atoms with van der Waals surface area (Å²) in [5.74, 6) is 1.25. The van der Waals surface area contributed by atoms with Crippen molar-refractivity contribution in [3.8, 4) is 17.1 Å². The lowest BCUT2D eigenvalue weighted by molar-refractivity contribution is -0.139. The van der Waals surface area contributed by atoms with Gasteiger partial charge in [0, 0.05) is 26.1 Å². The molecule has 0 N–H and O–H groups in total. The third kappa shape index (κ3) is 5.50. The molecular formula is C34H28Br2N2O5S. The van der Waals surface area contributed by atoms with Gasteiger partial charge in [-0.3, -0.25) is 9.36 Å². The second kappa shape index (κ2) is 12.7. The Morgan fingerprint density at radius 2 is 1.91 bits per heavy atom. The van der Waals surface area contributed by atoms with Gasteiger partial charge in [0.1, 0.15) is 23.3 Å². The molecule has 7 nitrogen and oxygen atoms in total. The highest BCUT2D eigenvalue weighted by Gasteiger charge is 2.37. The van der Waals surface area contributed by atoms with Crippen molar-refractivity contribution in [1.29, 1.82) is 0 Å². The predicted octanol–water partition coefficient (Wildman–Crippen LogP) is 7.53. The number of benzene rings is 3. The molecule has 0 aliphatic carbocycles. The van der Waals surface area contributed by atoms with Crippen LogP contribution in [0.4, 0.5) is 0 Å². The second-order valence-electron chi connectivity index (χ2n) is 10.1. The third-order valence-corrected chi connectivity index (χ3v) is 9.58. The summed E-state index contributed by atoms with van der Waals surface area (Å²) in [4.78, 5) is 33.4. The molecule has 0 unspecified atom stereocenters. The average molecular weight is 736 g/mol. The molecule has 6 rings (SSSR count). The van der Waals surface area contributed by atoms with Crippen LogP contribution in [0.15, 0.2) is 101 Å². The van der Waals surface area contributed by atoms with Gasteiger partial charge in [0.15, 0.2) is 4.80 Å². The highest BCUT2D eigenvalue weighted by Crippen LogP contribution is 2.41. The number of fused-ring (bicyclic) bond motifs is 2. The molecule has 0 spiro atoms. The van der Waals surface area contributed by atoms with Gasteiger partial charge in [0.25, 0.3) is 5.56 Å². The van der Waals surface area contributed by atoms with Gasteiger partial charge in [0.05, 0.1) is 29.5 Å². The number of methoxy groups -OCH3 is 1. The molecule has 2 aromatic heterocycles. The fourth-order valence-corrected chi connectivity index (χ4v) is 7.32. The number of esters is 1. The van der Waals surface area contributed by atoms with Crippen LogP contribution in [0.25, 0.3) is 28.2 Å². The van der Waals surface area contributed by atoms with E-state index in [1.54, 1.807) is 24.7 Å². The summed E-state index contributed by atoms with van der Waals surface area (Å²) in [6.07, 6.45) is 3.03. The van der Waals surface area contributed by atoms with Crippen molar-refractivity contribution >= 4 is 66.0 Å². The van der Waals surface area contributed by atoms with E-state index in [1.807, 2.05) is 73.7 Å². The van der Waals surface area contributed by atoms with Gasteiger partial charge >= 0.3 is 5.97 Å². The lowest BCUT2D eigenvalue weighted by Gasteiger charge is -2.28. The summed E-state index contributed by atoms with van der Waals surface area (Å²) in [5, 5.41) is 1.84. The van der Waals surface area contributed by atoms with Crippen molar-refractivity contribution in [3.63, 3.8) is 0 Å². The SMILES string of the molecule is CCCC1=C(C(=O)OCC)[C@@H](c2c(OC)ccc3ccccc23)n2c(s/c(=C/c3ccc(-c4cc(Br)ccc4Br)o3)c2=O)=N1. The zero-order valence-corrected chi connectivity index (χ0v) is 28.2. The molecule has 0 saturated heterocycles. The van der Waals surface area contributed by atoms with Gasteiger partial charge in [-0.1, -0.05) is 86.9 Å². The van der Waals surface area contributed by atoms with Crippen molar-refractivity contribution in [2.75, 3.05) is 13.7 Å². The Balaban J connectivity index is 1.60. The number of carbonyl (C=O) groups is 1. The molecule has 10 heteroatoms. The molecule has 5 aromatic rings. The van der Waals surface area contributed by atoms with Gasteiger partial charge < -0.3 is 13.9 Å². The van der Waals surface area contributed by atoms with E-state index in [0.717, 1.165) is 31.7 Å². The van der Waals surface area contributed by atoms with Crippen molar-refractivity contribution in [3.05, 3.63) is 118 Å². The van der Waals surface area contributed by atoms with Gasteiger partial charge in [0.2, 0.25) is 0 Å².